The van der Waals surface area contributed by atoms with Gasteiger partial charge < -0.3 is 15.1 Å². The third-order valence-corrected chi connectivity index (χ3v) is 3.31. The Morgan fingerprint density at radius 3 is 2.56 bits per heavy atom. The van der Waals surface area contributed by atoms with Gasteiger partial charge in [0.05, 0.1) is 6.61 Å². The van der Waals surface area contributed by atoms with Crippen molar-refractivity contribution < 1.29 is 10.2 Å². The van der Waals surface area contributed by atoms with Gasteiger partial charge in [-0.15, -0.1) is 0 Å². The van der Waals surface area contributed by atoms with Crippen LogP contribution in [0.25, 0.3) is 0 Å². The van der Waals surface area contributed by atoms with Crippen LogP contribution in [0.4, 0.5) is 5.69 Å². The lowest BCUT2D eigenvalue weighted by atomic mass is 10.1. The third-order valence-electron chi connectivity index (χ3n) is 3.31. The lowest BCUT2D eigenvalue weighted by Gasteiger charge is -2.18. The Balaban J connectivity index is 1.97. The highest BCUT2D eigenvalue weighted by Gasteiger charge is 2.21. The van der Waals surface area contributed by atoms with Crippen LogP contribution in [0.2, 0.25) is 0 Å². The highest BCUT2D eigenvalue weighted by atomic mass is 16.3. The molecule has 1 aliphatic heterocycles. The SMILES string of the molecule is OCCC1CCN(c2ccc(CO)cc2)C1. The number of hydrogen-bond donors (Lipinski definition) is 2. The fourth-order valence-corrected chi connectivity index (χ4v) is 2.30. The molecule has 1 heterocycles. The zero-order chi connectivity index (χ0) is 11.4. The predicted octanol–water partition coefficient (Wildman–Crippen LogP) is 1.39. The molecule has 16 heavy (non-hydrogen) atoms. The fraction of sp³-hybridized carbons (Fsp3) is 0.538. The van der Waals surface area contributed by atoms with Gasteiger partial charge in [-0.25, -0.2) is 0 Å². The maximum absolute atomic E-state index is 8.96. The molecule has 2 N–H and O–H groups in total. The molecule has 2 rings (SSSR count). The molecule has 0 radical (unpaired) electrons. The van der Waals surface area contributed by atoms with Crippen molar-refractivity contribution in [2.45, 2.75) is 19.4 Å². The Labute approximate surface area is 96.3 Å². The van der Waals surface area contributed by atoms with Crippen molar-refractivity contribution in [2.24, 2.45) is 5.92 Å². The standard InChI is InChI=1S/C13H19NO2/c15-8-6-11-5-7-14(9-11)13-3-1-12(10-16)2-4-13/h1-4,11,15-16H,5-10H2. The minimum absolute atomic E-state index is 0.105. The molecule has 1 atom stereocenters. The normalized spacial score (nSPS) is 20.4. The van der Waals surface area contributed by atoms with E-state index in [4.69, 9.17) is 10.2 Å². The van der Waals surface area contributed by atoms with E-state index in [0.29, 0.717) is 12.5 Å². The van der Waals surface area contributed by atoms with Gasteiger partial charge in [-0.3, -0.25) is 0 Å². The van der Waals surface area contributed by atoms with Crippen molar-refractivity contribution in [2.75, 3.05) is 24.6 Å². The van der Waals surface area contributed by atoms with Crippen LogP contribution in [0.1, 0.15) is 18.4 Å². The van der Waals surface area contributed by atoms with E-state index in [9.17, 15) is 0 Å². The second kappa shape index (κ2) is 5.32. The summed E-state index contributed by atoms with van der Waals surface area (Å²) in [6.07, 6.45) is 2.08. The number of aliphatic hydroxyl groups excluding tert-OH is 2. The monoisotopic (exact) mass is 221 g/mol. The van der Waals surface area contributed by atoms with Crippen LogP contribution in [0.3, 0.4) is 0 Å². The van der Waals surface area contributed by atoms with Crippen molar-refractivity contribution in [3.63, 3.8) is 0 Å². The topological polar surface area (TPSA) is 43.7 Å². The minimum Gasteiger partial charge on any atom is -0.396 e. The third kappa shape index (κ3) is 2.54. The van der Waals surface area contributed by atoms with Crippen LogP contribution in [-0.2, 0) is 6.61 Å². The highest BCUT2D eigenvalue weighted by Crippen LogP contribution is 2.25. The predicted molar refractivity (Wildman–Crippen MR) is 64.4 cm³/mol. The fourth-order valence-electron chi connectivity index (χ4n) is 2.30. The Bertz CT molecular complexity index is 323. The van der Waals surface area contributed by atoms with Gasteiger partial charge >= 0.3 is 0 Å². The smallest absolute Gasteiger partial charge is 0.0681 e. The molecule has 1 unspecified atom stereocenters. The van der Waals surface area contributed by atoms with E-state index in [-0.39, 0.29) is 6.61 Å². The number of anilines is 1. The van der Waals surface area contributed by atoms with Gasteiger partial charge in [0.15, 0.2) is 0 Å². The molecule has 0 bridgehead atoms. The van der Waals surface area contributed by atoms with Crippen molar-refractivity contribution in [1.82, 2.24) is 0 Å². The molecule has 1 aromatic rings. The second-order valence-corrected chi connectivity index (χ2v) is 4.44. The highest BCUT2D eigenvalue weighted by molar-refractivity contribution is 5.48. The van der Waals surface area contributed by atoms with Gasteiger partial charge in [0.1, 0.15) is 0 Å². The lowest BCUT2D eigenvalue weighted by molar-refractivity contribution is 0.263. The number of aliphatic hydroxyl groups is 2. The van der Waals surface area contributed by atoms with Crippen LogP contribution >= 0.6 is 0 Å². The molecule has 0 saturated carbocycles. The van der Waals surface area contributed by atoms with E-state index < -0.39 is 0 Å². The summed E-state index contributed by atoms with van der Waals surface area (Å²) >= 11 is 0. The zero-order valence-electron chi connectivity index (χ0n) is 9.47. The van der Waals surface area contributed by atoms with E-state index in [0.717, 1.165) is 25.1 Å². The van der Waals surface area contributed by atoms with E-state index >= 15 is 0 Å². The Morgan fingerprint density at radius 2 is 1.94 bits per heavy atom. The average Bonchev–Trinajstić information content (AvgIpc) is 2.78. The summed E-state index contributed by atoms with van der Waals surface area (Å²) in [7, 11) is 0. The van der Waals surface area contributed by atoms with Gasteiger partial charge in [0.25, 0.3) is 0 Å². The molecular weight excluding hydrogens is 202 g/mol. The Kier molecular flexibility index (Phi) is 3.80. The first kappa shape index (κ1) is 11.4. The first-order valence-electron chi connectivity index (χ1n) is 5.89. The summed E-state index contributed by atoms with van der Waals surface area (Å²) in [5, 5.41) is 17.9. The molecule has 1 fully saturated rings. The molecule has 0 aromatic heterocycles. The lowest BCUT2D eigenvalue weighted by Crippen LogP contribution is -2.19. The van der Waals surface area contributed by atoms with Crippen molar-refractivity contribution in [3.8, 4) is 0 Å². The summed E-state index contributed by atoms with van der Waals surface area (Å²) in [6, 6.07) is 8.06. The molecule has 0 amide bonds. The van der Waals surface area contributed by atoms with Crippen LogP contribution in [0.15, 0.2) is 24.3 Å². The second-order valence-electron chi connectivity index (χ2n) is 4.44. The molecule has 1 saturated heterocycles. The van der Waals surface area contributed by atoms with Crippen molar-refractivity contribution >= 4 is 5.69 Å². The van der Waals surface area contributed by atoms with Crippen LogP contribution in [-0.4, -0.2) is 29.9 Å². The largest absolute Gasteiger partial charge is 0.396 e. The van der Waals surface area contributed by atoms with E-state index in [1.807, 2.05) is 12.1 Å². The summed E-state index contributed by atoms with van der Waals surface area (Å²) in [5.41, 5.74) is 2.17. The molecular formula is C13H19NO2. The molecule has 3 nitrogen and oxygen atoms in total. The molecule has 0 aliphatic carbocycles. The van der Waals surface area contributed by atoms with Gasteiger partial charge in [-0.2, -0.15) is 0 Å². The van der Waals surface area contributed by atoms with Crippen molar-refractivity contribution in [1.29, 1.82) is 0 Å². The van der Waals surface area contributed by atoms with Gasteiger partial charge in [-0.1, -0.05) is 12.1 Å². The number of benzene rings is 1. The first-order chi connectivity index (χ1) is 7.83. The van der Waals surface area contributed by atoms with E-state index in [1.54, 1.807) is 0 Å². The number of nitrogens with zero attached hydrogens (tertiary/aromatic N) is 1. The van der Waals surface area contributed by atoms with E-state index in [1.165, 1.54) is 12.1 Å². The maximum Gasteiger partial charge on any atom is 0.0681 e. The van der Waals surface area contributed by atoms with Gasteiger partial charge in [0.2, 0.25) is 0 Å². The number of rotatable bonds is 4. The van der Waals surface area contributed by atoms with E-state index in [2.05, 4.69) is 17.0 Å². The summed E-state index contributed by atoms with van der Waals surface area (Å²) < 4.78 is 0. The quantitative estimate of drug-likeness (QED) is 0.807. The Hall–Kier alpha value is -1.06. The summed E-state index contributed by atoms with van der Waals surface area (Å²) in [6.45, 7) is 2.51. The summed E-state index contributed by atoms with van der Waals surface area (Å²) in [4.78, 5) is 2.35. The van der Waals surface area contributed by atoms with Gasteiger partial charge in [-0.05, 0) is 36.5 Å². The molecule has 0 spiro atoms. The van der Waals surface area contributed by atoms with Crippen LogP contribution in [0.5, 0.6) is 0 Å². The Morgan fingerprint density at radius 1 is 1.19 bits per heavy atom. The van der Waals surface area contributed by atoms with Crippen LogP contribution in [0, 0.1) is 5.92 Å². The van der Waals surface area contributed by atoms with Crippen molar-refractivity contribution in [3.05, 3.63) is 29.8 Å². The summed E-state index contributed by atoms with van der Waals surface area (Å²) in [5.74, 6) is 0.627. The maximum atomic E-state index is 8.96. The average molecular weight is 221 g/mol. The first-order valence-corrected chi connectivity index (χ1v) is 5.89. The minimum atomic E-state index is 0.105. The zero-order valence-corrected chi connectivity index (χ0v) is 9.47. The van der Waals surface area contributed by atoms with Crippen LogP contribution < -0.4 is 4.90 Å². The molecule has 3 heteroatoms. The molecule has 1 aromatic carbocycles. The molecule has 88 valence electrons. The molecule has 1 aliphatic rings. The number of hydrogen-bond acceptors (Lipinski definition) is 3. The van der Waals surface area contributed by atoms with Gasteiger partial charge in [0, 0.05) is 25.4 Å².